The van der Waals surface area contributed by atoms with Gasteiger partial charge in [-0.3, -0.25) is 9.69 Å². The van der Waals surface area contributed by atoms with Crippen molar-refractivity contribution in [3.05, 3.63) is 159 Å². The van der Waals surface area contributed by atoms with E-state index in [4.69, 9.17) is 27.6 Å². The Hall–Kier alpha value is -4.70. The number of aryl methyl sites for hydroxylation is 1. The lowest BCUT2D eigenvalue weighted by Crippen LogP contribution is -2.61. The minimum atomic E-state index is -0.411. The number of carbonyl (C=O) groups is 2. The van der Waals surface area contributed by atoms with Crippen molar-refractivity contribution >= 4 is 40.8 Å². The summed E-state index contributed by atoms with van der Waals surface area (Å²) in [7, 11) is 0. The normalized spacial score (nSPS) is 13.9. The maximum atomic E-state index is 14.3. The van der Waals surface area contributed by atoms with Crippen LogP contribution in [0.2, 0.25) is 10.0 Å². The molecular formula is C41H41Cl2F2N4O3+. The van der Waals surface area contributed by atoms with E-state index in [1.165, 1.54) is 29.8 Å². The van der Waals surface area contributed by atoms with E-state index in [2.05, 4.69) is 29.6 Å². The minimum Gasteiger partial charge on any atom is -0.454 e. The molecular weight excluding hydrogens is 705 g/mol. The molecule has 1 aliphatic heterocycles. The van der Waals surface area contributed by atoms with Crippen molar-refractivity contribution in [1.82, 2.24) is 10.2 Å². The minimum absolute atomic E-state index is 0.0458. The van der Waals surface area contributed by atoms with E-state index in [9.17, 15) is 18.4 Å². The molecule has 1 fully saturated rings. The highest BCUT2D eigenvalue weighted by molar-refractivity contribution is 6.42. The zero-order valence-electron chi connectivity index (χ0n) is 28.7. The molecule has 2 heterocycles. The fraction of sp³-hybridized carbons (Fsp3) is 0.268. The summed E-state index contributed by atoms with van der Waals surface area (Å²) in [5.74, 6) is -0.604. The van der Waals surface area contributed by atoms with Gasteiger partial charge in [-0.25, -0.2) is 13.6 Å². The first-order valence-electron chi connectivity index (χ1n) is 17.4. The first-order valence-corrected chi connectivity index (χ1v) is 18.2. The van der Waals surface area contributed by atoms with Gasteiger partial charge in [0.2, 0.25) is 0 Å². The van der Waals surface area contributed by atoms with Crippen LogP contribution in [-0.4, -0.2) is 60.6 Å². The second-order valence-electron chi connectivity index (χ2n) is 13.2. The number of halogens is 4. The van der Waals surface area contributed by atoms with E-state index in [1.54, 1.807) is 41.3 Å². The van der Waals surface area contributed by atoms with Crippen molar-refractivity contribution in [3.8, 4) is 0 Å². The highest BCUT2D eigenvalue weighted by atomic mass is 35.5. The van der Waals surface area contributed by atoms with Crippen molar-refractivity contribution < 1.29 is 27.3 Å². The van der Waals surface area contributed by atoms with Crippen molar-refractivity contribution in [3.63, 3.8) is 0 Å². The van der Waals surface area contributed by atoms with Gasteiger partial charge >= 0.3 is 6.03 Å². The molecule has 0 aliphatic carbocycles. The molecule has 1 aliphatic rings. The van der Waals surface area contributed by atoms with Gasteiger partial charge in [-0.15, -0.1) is 0 Å². The number of anilines is 1. The lowest BCUT2D eigenvalue weighted by atomic mass is 10.1. The smallest absolute Gasteiger partial charge is 0.325 e. The average molecular weight is 747 g/mol. The zero-order chi connectivity index (χ0) is 36.5. The molecule has 0 atom stereocenters. The third kappa shape index (κ3) is 9.79. The Morgan fingerprint density at radius 2 is 1.42 bits per heavy atom. The maximum Gasteiger partial charge on any atom is 0.325 e. The van der Waals surface area contributed by atoms with Crippen molar-refractivity contribution in [2.24, 2.45) is 0 Å². The third-order valence-electron chi connectivity index (χ3n) is 9.58. The SMILES string of the molecule is O=C(NCCc1ccc(F)cc1)c1ccc(CN(C(=O)N2CC[N+](CCCc3ccccc3)(Cc3ccc(Cl)c(Cl)c3)CC2)c2ccc(F)cc2)o1. The number of nitrogens with zero attached hydrogens (tertiary/aromatic N) is 3. The summed E-state index contributed by atoms with van der Waals surface area (Å²) < 4.78 is 33.9. The van der Waals surface area contributed by atoms with E-state index in [0.717, 1.165) is 54.6 Å². The second kappa shape index (κ2) is 17.2. The van der Waals surface area contributed by atoms with Gasteiger partial charge < -0.3 is 19.1 Å². The Labute approximate surface area is 312 Å². The molecule has 5 aromatic rings. The van der Waals surface area contributed by atoms with Crippen molar-refractivity contribution in [2.75, 3.05) is 44.2 Å². The van der Waals surface area contributed by atoms with E-state index in [1.807, 2.05) is 29.2 Å². The first kappa shape index (κ1) is 37.1. The molecule has 0 radical (unpaired) electrons. The molecule has 1 aromatic heterocycles. The zero-order valence-corrected chi connectivity index (χ0v) is 30.3. The highest BCUT2D eigenvalue weighted by Gasteiger charge is 2.36. The number of quaternary nitrogens is 1. The van der Waals surface area contributed by atoms with Gasteiger partial charge in [0.15, 0.2) is 5.76 Å². The number of hydrogen-bond acceptors (Lipinski definition) is 3. The average Bonchev–Trinajstić information content (AvgIpc) is 3.63. The van der Waals surface area contributed by atoms with Gasteiger partial charge in [0.25, 0.3) is 5.91 Å². The molecule has 4 aromatic carbocycles. The van der Waals surface area contributed by atoms with Crippen LogP contribution in [0, 0.1) is 11.6 Å². The summed E-state index contributed by atoms with van der Waals surface area (Å²) in [6, 6.07) is 31.1. The van der Waals surface area contributed by atoms with Crippen LogP contribution >= 0.6 is 23.2 Å². The molecule has 0 unspecified atom stereocenters. The largest absolute Gasteiger partial charge is 0.454 e. The Balaban J connectivity index is 1.13. The highest BCUT2D eigenvalue weighted by Crippen LogP contribution is 2.28. The molecule has 1 N–H and O–H groups in total. The molecule has 0 spiro atoms. The predicted molar refractivity (Wildman–Crippen MR) is 200 cm³/mol. The molecule has 3 amide bonds. The van der Waals surface area contributed by atoms with Crippen LogP contribution in [0.15, 0.2) is 114 Å². The summed E-state index contributed by atoms with van der Waals surface area (Å²) in [5, 5.41) is 3.86. The molecule has 7 nitrogen and oxygen atoms in total. The van der Waals surface area contributed by atoms with Gasteiger partial charge in [-0.1, -0.05) is 71.7 Å². The molecule has 0 saturated carbocycles. The molecule has 6 rings (SSSR count). The number of piperazine rings is 1. The molecule has 52 heavy (non-hydrogen) atoms. The fourth-order valence-corrected chi connectivity index (χ4v) is 7.01. The Bertz CT molecular complexity index is 1950. The number of furan rings is 1. The number of benzene rings is 4. The van der Waals surface area contributed by atoms with Crippen LogP contribution in [0.1, 0.15) is 39.4 Å². The monoisotopic (exact) mass is 745 g/mol. The fourth-order valence-electron chi connectivity index (χ4n) is 6.69. The van der Waals surface area contributed by atoms with Gasteiger partial charge in [0.1, 0.15) is 23.9 Å². The van der Waals surface area contributed by atoms with Crippen LogP contribution < -0.4 is 10.2 Å². The van der Waals surface area contributed by atoms with E-state index < -0.39 is 11.7 Å². The number of nitrogens with one attached hydrogen (secondary N) is 1. The molecule has 270 valence electrons. The summed E-state index contributed by atoms with van der Waals surface area (Å²) in [5.41, 5.74) is 3.79. The van der Waals surface area contributed by atoms with Crippen LogP contribution in [0.4, 0.5) is 19.3 Å². The van der Waals surface area contributed by atoms with Gasteiger partial charge in [0.05, 0.1) is 49.3 Å². The summed E-state index contributed by atoms with van der Waals surface area (Å²) in [6.45, 7) is 4.59. The maximum absolute atomic E-state index is 14.3. The van der Waals surface area contributed by atoms with Crippen molar-refractivity contribution in [1.29, 1.82) is 0 Å². The third-order valence-corrected chi connectivity index (χ3v) is 10.3. The van der Waals surface area contributed by atoms with E-state index >= 15 is 0 Å². The number of urea groups is 1. The van der Waals surface area contributed by atoms with E-state index in [0.29, 0.717) is 47.5 Å². The molecule has 0 bridgehead atoms. The molecule has 1 saturated heterocycles. The van der Waals surface area contributed by atoms with Crippen LogP contribution in [0.3, 0.4) is 0 Å². The standard InChI is InChI=1S/C41H40Cl2F2N4O3/c42-37-18-10-32(27-38(37)43)29-49(24-4-7-30-5-2-1-3-6-30)25-22-47(23-26-49)41(51)48(35-15-13-34(45)14-16-35)28-36-17-19-39(52-36)40(50)46-21-20-31-8-11-33(44)12-9-31/h1-3,5-6,8-19,27H,4,7,20-26,28-29H2/p+1. The number of hydrogen-bond donors (Lipinski definition) is 1. The van der Waals surface area contributed by atoms with E-state index in [-0.39, 0.29) is 24.2 Å². The summed E-state index contributed by atoms with van der Waals surface area (Å²) in [6.07, 6.45) is 2.48. The van der Waals surface area contributed by atoms with Gasteiger partial charge in [0, 0.05) is 24.2 Å². The summed E-state index contributed by atoms with van der Waals surface area (Å²) >= 11 is 12.6. The van der Waals surface area contributed by atoms with Gasteiger partial charge in [-0.2, -0.15) is 0 Å². The first-order chi connectivity index (χ1) is 25.2. The predicted octanol–water partition coefficient (Wildman–Crippen LogP) is 8.93. The topological polar surface area (TPSA) is 65.8 Å². The Morgan fingerprint density at radius 3 is 2.12 bits per heavy atom. The molecule has 11 heteroatoms. The lowest BCUT2D eigenvalue weighted by Gasteiger charge is -2.46. The second-order valence-corrected chi connectivity index (χ2v) is 14.1. The quantitative estimate of drug-likeness (QED) is 0.123. The number of carbonyl (C=O) groups excluding carboxylic acids is 2. The van der Waals surface area contributed by atoms with Crippen molar-refractivity contribution in [2.45, 2.75) is 32.4 Å². The van der Waals surface area contributed by atoms with Crippen LogP contribution in [0.25, 0.3) is 0 Å². The van der Waals surface area contributed by atoms with Crippen LogP contribution in [0.5, 0.6) is 0 Å². The van der Waals surface area contributed by atoms with Crippen LogP contribution in [-0.2, 0) is 25.9 Å². The summed E-state index contributed by atoms with van der Waals surface area (Å²) in [4.78, 5) is 30.5. The lowest BCUT2D eigenvalue weighted by molar-refractivity contribution is -0.944. The Kier molecular flexibility index (Phi) is 12.3. The van der Waals surface area contributed by atoms with Gasteiger partial charge in [-0.05, 0) is 84.6 Å². The Morgan fingerprint density at radius 1 is 0.769 bits per heavy atom. The number of amides is 3. The number of rotatable bonds is 13.